The van der Waals surface area contributed by atoms with E-state index in [1.807, 2.05) is 6.20 Å². The Morgan fingerprint density at radius 1 is 1.16 bits per heavy atom. The van der Waals surface area contributed by atoms with Gasteiger partial charge in [-0.25, -0.2) is 4.79 Å². The number of rotatable bonds is 9. The minimum absolute atomic E-state index is 0.204. The van der Waals surface area contributed by atoms with Crippen molar-refractivity contribution in [3.05, 3.63) is 52.7 Å². The van der Waals surface area contributed by atoms with Crippen LogP contribution in [0.25, 0.3) is 10.9 Å². The van der Waals surface area contributed by atoms with Crippen LogP contribution in [0.4, 0.5) is 13.2 Å². The van der Waals surface area contributed by atoms with E-state index in [0.29, 0.717) is 6.07 Å². The molecule has 0 aliphatic heterocycles. The largest absolute Gasteiger partial charge is 0.482 e. The molecule has 0 atom stereocenters. The SMILES string of the molecule is CCCCCc1c[nH]c2ccc(Oc3c(Cl)cc(OCC(=O)O)cc3C(F)(F)F)cc12. The first-order valence-corrected chi connectivity index (χ1v) is 10.1. The number of fused-ring (bicyclic) bond motifs is 1. The fraction of sp³-hybridized carbons (Fsp3) is 0.318. The maximum Gasteiger partial charge on any atom is 0.420 e. The van der Waals surface area contributed by atoms with Crippen LogP contribution in [0.1, 0.15) is 37.3 Å². The smallest absolute Gasteiger partial charge is 0.420 e. The number of aromatic amines is 1. The molecule has 1 aromatic heterocycles. The Hall–Kier alpha value is -2.87. The number of H-pyrrole nitrogens is 1. The zero-order valence-corrected chi connectivity index (χ0v) is 17.4. The Kier molecular flexibility index (Phi) is 7.00. The summed E-state index contributed by atoms with van der Waals surface area (Å²) in [6.45, 7) is 1.32. The second kappa shape index (κ2) is 9.51. The summed E-state index contributed by atoms with van der Waals surface area (Å²) in [5, 5.41) is 9.21. The number of nitrogens with one attached hydrogen (secondary N) is 1. The summed E-state index contributed by atoms with van der Waals surface area (Å²) in [5.41, 5.74) is 0.768. The van der Waals surface area contributed by atoms with Gasteiger partial charge in [0.1, 0.15) is 17.1 Å². The Morgan fingerprint density at radius 3 is 2.61 bits per heavy atom. The average Bonchev–Trinajstić information content (AvgIpc) is 3.09. The molecule has 0 unspecified atom stereocenters. The molecule has 0 spiro atoms. The molecule has 0 amide bonds. The molecular weight excluding hydrogens is 435 g/mol. The zero-order chi connectivity index (χ0) is 22.6. The monoisotopic (exact) mass is 455 g/mol. The third-order valence-electron chi connectivity index (χ3n) is 4.69. The summed E-state index contributed by atoms with van der Waals surface area (Å²) in [5.74, 6) is -2.00. The number of alkyl halides is 3. The summed E-state index contributed by atoms with van der Waals surface area (Å²) >= 11 is 6.06. The van der Waals surface area contributed by atoms with E-state index >= 15 is 0 Å². The minimum atomic E-state index is -4.79. The van der Waals surface area contributed by atoms with Crippen LogP contribution in [-0.4, -0.2) is 22.7 Å². The molecule has 166 valence electrons. The van der Waals surface area contributed by atoms with E-state index in [1.165, 1.54) is 0 Å². The number of aryl methyl sites for hydroxylation is 1. The van der Waals surface area contributed by atoms with Gasteiger partial charge in [-0.2, -0.15) is 13.2 Å². The highest BCUT2D eigenvalue weighted by atomic mass is 35.5. The van der Waals surface area contributed by atoms with Crippen molar-refractivity contribution in [1.29, 1.82) is 0 Å². The Labute approximate surface area is 181 Å². The lowest BCUT2D eigenvalue weighted by Gasteiger charge is -2.17. The molecular formula is C22H21ClF3NO4. The predicted molar refractivity (Wildman–Crippen MR) is 111 cm³/mol. The maximum atomic E-state index is 13.6. The number of aliphatic carboxylic acids is 1. The highest BCUT2D eigenvalue weighted by molar-refractivity contribution is 6.32. The molecule has 31 heavy (non-hydrogen) atoms. The molecule has 9 heteroatoms. The highest BCUT2D eigenvalue weighted by Crippen LogP contribution is 2.45. The molecule has 2 N–H and O–H groups in total. The van der Waals surface area contributed by atoms with E-state index in [-0.39, 0.29) is 16.5 Å². The Balaban J connectivity index is 1.94. The summed E-state index contributed by atoms with van der Waals surface area (Å²) in [7, 11) is 0. The van der Waals surface area contributed by atoms with Gasteiger partial charge in [0.2, 0.25) is 0 Å². The van der Waals surface area contributed by atoms with Crippen molar-refractivity contribution >= 4 is 28.5 Å². The first kappa shape index (κ1) is 22.8. The van der Waals surface area contributed by atoms with Crippen LogP contribution in [0.5, 0.6) is 17.2 Å². The molecule has 3 aromatic rings. The van der Waals surface area contributed by atoms with Crippen LogP contribution >= 0.6 is 11.6 Å². The van der Waals surface area contributed by atoms with E-state index in [0.717, 1.165) is 48.2 Å². The van der Waals surface area contributed by atoms with E-state index in [4.69, 9.17) is 26.2 Å². The van der Waals surface area contributed by atoms with E-state index < -0.39 is 30.1 Å². The van der Waals surface area contributed by atoms with Gasteiger partial charge < -0.3 is 19.6 Å². The minimum Gasteiger partial charge on any atom is -0.482 e. The van der Waals surface area contributed by atoms with Gasteiger partial charge >= 0.3 is 12.1 Å². The number of ether oxygens (including phenoxy) is 2. The van der Waals surface area contributed by atoms with Crippen LogP contribution in [-0.2, 0) is 17.4 Å². The molecule has 0 aliphatic rings. The number of unbranched alkanes of at least 4 members (excludes halogenated alkanes) is 2. The van der Waals surface area contributed by atoms with Crippen LogP contribution < -0.4 is 9.47 Å². The number of aromatic nitrogens is 1. The quantitative estimate of drug-likeness (QED) is 0.347. The number of benzene rings is 2. The lowest BCUT2D eigenvalue weighted by atomic mass is 10.1. The molecule has 0 fully saturated rings. The first-order valence-electron chi connectivity index (χ1n) is 9.72. The second-order valence-electron chi connectivity index (χ2n) is 7.04. The molecule has 0 bridgehead atoms. The van der Waals surface area contributed by atoms with E-state index in [2.05, 4.69) is 11.9 Å². The molecule has 2 aromatic carbocycles. The molecule has 0 saturated carbocycles. The number of halogens is 4. The third-order valence-corrected chi connectivity index (χ3v) is 4.97. The fourth-order valence-corrected chi connectivity index (χ4v) is 3.47. The third kappa shape index (κ3) is 5.64. The summed E-state index contributed by atoms with van der Waals surface area (Å²) in [6.07, 6.45) is 1.14. The predicted octanol–water partition coefficient (Wildman–Crippen LogP) is 6.83. The molecule has 0 aliphatic carbocycles. The zero-order valence-electron chi connectivity index (χ0n) is 16.7. The van der Waals surface area contributed by atoms with E-state index in [9.17, 15) is 18.0 Å². The van der Waals surface area contributed by atoms with Gasteiger partial charge in [0, 0.05) is 23.2 Å². The number of carboxylic acids is 1. The van der Waals surface area contributed by atoms with Crippen molar-refractivity contribution in [3.63, 3.8) is 0 Å². The number of carbonyl (C=O) groups is 1. The molecule has 3 rings (SSSR count). The Morgan fingerprint density at radius 2 is 1.94 bits per heavy atom. The van der Waals surface area contributed by atoms with Gasteiger partial charge in [-0.15, -0.1) is 0 Å². The Bertz CT molecular complexity index is 1080. The van der Waals surface area contributed by atoms with Gasteiger partial charge in [-0.3, -0.25) is 0 Å². The van der Waals surface area contributed by atoms with Gasteiger partial charge in [0.05, 0.1) is 5.02 Å². The van der Waals surface area contributed by atoms with Crippen molar-refractivity contribution in [2.75, 3.05) is 6.61 Å². The van der Waals surface area contributed by atoms with Crippen LogP contribution in [0.15, 0.2) is 36.5 Å². The van der Waals surface area contributed by atoms with Crippen molar-refractivity contribution in [2.45, 2.75) is 38.8 Å². The average molecular weight is 456 g/mol. The summed E-state index contributed by atoms with van der Waals surface area (Å²) in [4.78, 5) is 13.8. The van der Waals surface area contributed by atoms with E-state index in [1.54, 1.807) is 18.2 Å². The lowest BCUT2D eigenvalue weighted by Crippen LogP contribution is -2.12. The molecule has 0 saturated heterocycles. The standard InChI is InChI=1S/C22H21ClF3NO4/c1-2-3-4-5-13-11-27-19-7-6-14(8-16(13)19)31-21-17(22(24,25)26)9-15(10-18(21)23)30-12-20(28)29/h6-11,27H,2-5,12H2,1H3,(H,28,29). The summed E-state index contributed by atoms with van der Waals surface area (Å²) < 4.78 is 51.3. The van der Waals surface area contributed by atoms with Gasteiger partial charge in [-0.1, -0.05) is 31.4 Å². The van der Waals surface area contributed by atoms with Crippen LogP contribution in [0, 0.1) is 0 Å². The number of hydrogen-bond donors (Lipinski definition) is 2. The van der Waals surface area contributed by atoms with Gasteiger partial charge in [0.25, 0.3) is 0 Å². The topological polar surface area (TPSA) is 71.5 Å². The van der Waals surface area contributed by atoms with Crippen LogP contribution in [0.3, 0.4) is 0 Å². The highest BCUT2D eigenvalue weighted by Gasteiger charge is 2.36. The molecule has 1 heterocycles. The number of carboxylic acid groups (broad SMARTS) is 1. The molecule has 5 nitrogen and oxygen atoms in total. The number of hydrogen-bond acceptors (Lipinski definition) is 3. The first-order chi connectivity index (χ1) is 14.7. The van der Waals surface area contributed by atoms with Crippen LogP contribution in [0.2, 0.25) is 5.02 Å². The van der Waals surface area contributed by atoms with Crippen molar-refractivity contribution in [3.8, 4) is 17.2 Å². The lowest BCUT2D eigenvalue weighted by molar-refractivity contribution is -0.139. The maximum absolute atomic E-state index is 13.6. The molecule has 0 radical (unpaired) electrons. The van der Waals surface area contributed by atoms with Crippen molar-refractivity contribution in [1.82, 2.24) is 4.98 Å². The van der Waals surface area contributed by atoms with Gasteiger partial charge in [-0.05, 0) is 42.7 Å². The second-order valence-corrected chi connectivity index (χ2v) is 7.45. The fourth-order valence-electron chi connectivity index (χ4n) is 3.22. The van der Waals surface area contributed by atoms with Crippen molar-refractivity contribution < 1.29 is 32.5 Å². The summed E-state index contributed by atoms with van der Waals surface area (Å²) in [6, 6.07) is 6.74. The normalized spacial score (nSPS) is 11.6. The van der Waals surface area contributed by atoms with Gasteiger partial charge in [0.15, 0.2) is 12.4 Å². The van der Waals surface area contributed by atoms with Crippen molar-refractivity contribution in [2.24, 2.45) is 0 Å².